The minimum absolute atomic E-state index is 0.170. The van der Waals surface area contributed by atoms with Crippen LogP contribution in [0, 0.1) is 0 Å². The van der Waals surface area contributed by atoms with Crippen LogP contribution in [0.25, 0.3) is 5.82 Å². The van der Waals surface area contributed by atoms with E-state index in [0.29, 0.717) is 11.0 Å². The van der Waals surface area contributed by atoms with Crippen LogP contribution in [0.3, 0.4) is 0 Å². The Hall–Kier alpha value is -4.30. The van der Waals surface area contributed by atoms with Crippen LogP contribution < -0.4 is 10.6 Å². The smallest absolute Gasteiger partial charge is 0.158 e. The molecule has 0 bridgehead atoms. The van der Waals surface area contributed by atoms with E-state index in [1.807, 2.05) is 47.2 Å². The topological polar surface area (TPSA) is 93.4 Å². The van der Waals surface area contributed by atoms with Gasteiger partial charge in [0.05, 0.1) is 24.8 Å². The Bertz CT molecular complexity index is 1330. The summed E-state index contributed by atoms with van der Waals surface area (Å²) in [6, 6.07) is 20.7. The number of benzene rings is 2. The fourth-order valence-corrected chi connectivity index (χ4v) is 3.60. The van der Waals surface area contributed by atoms with Gasteiger partial charge in [-0.05, 0) is 25.0 Å². The highest BCUT2D eigenvalue weighted by atomic mass is 35.5. The Kier molecular flexibility index (Phi) is 8.56. The molecule has 2 atom stereocenters. The van der Waals surface area contributed by atoms with Crippen LogP contribution in [-0.2, 0) is 0 Å². The Balaban J connectivity index is 0.000000174. The summed E-state index contributed by atoms with van der Waals surface area (Å²) in [7, 11) is 0. The molecule has 2 N–H and O–H groups in total. The minimum atomic E-state index is 0.170. The summed E-state index contributed by atoms with van der Waals surface area (Å²) in [5, 5.41) is 6.99. The average molecular weight is 499 g/mol. The molecule has 0 spiro atoms. The molecular formula is C27H27ClN8. The first-order valence-corrected chi connectivity index (χ1v) is 11.9. The third-order valence-corrected chi connectivity index (χ3v) is 5.51. The molecule has 0 unspecified atom stereocenters. The maximum atomic E-state index is 5.76. The number of rotatable bonds is 7. The first-order valence-electron chi connectivity index (χ1n) is 11.5. The number of anilines is 2. The largest absolute Gasteiger partial charge is 0.362 e. The molecule has 0 radical (unpaired) electrons. The number of aromatic nitrogens is 6. The zero-order valence-electron chi connectivity index (χ0n) is 20.0. The van der Waals surface area contributed by atoms with Crippen molar-refractivity contribution in [2.24, 2.45) is 0 Å². The predicted octanol–water partition coefficient (Wildman–Crippen LogP) is 6.14. The van der Waals surface area contributed by atoms with Gasteiger partial charge < -0.3 is 10.6 Å². The molecule has 0 saturated carbocycles. The maximum absolute atomic E-state index is 5.76. The van der Waals surface area contributed by atoms with E-state index in [-0.39, 0.29) is 12.1 Å². The van der Waals surface area contributed by atoms with Crippen LogP contribution in [0.2, 0.25) is 5.15 Å². The lowest BCUT2D eigenvalue weighted by atomic mass is 10.1. The van der Waals surface area contributed by atoms with E-state index < -0.39 is 0 Å². The lowest BCUT2D eigenvalue weighted by Crippen LogP contribution is -2.09. The van der Waals surface area contributed by atoms with Gasteiger partial charge in [0.15, 0.2) is 5.82 Å². The van der Waals surface area contributed by atoms with Crippen molar-refractivity contribution in [2.45, 2.75) is 25.9 Å². The zero-order valence-corrected chi connectivity index (χ0v) is 20.8. The summed E-state index contributed by atoms with van der Waals surface area (Å²) < 4.78 is 1.82. The molecule has 182 valence electrons. The lowest BCUT2D eigenvalue weighted by molar-refractivity contribution is 0.863. The van der Waals surface area contributed by atoms with Gasteiger partial charge in [-0.2, -0.15) is 0 Å². The van der Waals surface area contributed by atoms with Crippen molar-refractivity contribution in [2.75, 3.05) is 10.6 Å². The Morgan fingerprint density at radius 1 is 0.694 bits per heavy atom. The van der Waals surface area contributed by atoms with Crippen molar-refractivity contribution in [3.8, 4) is 5.82 Å². The van der Waals surface area contributed by atoms with Gasteiger partial charge in [-0.1, -0.05) is 72.3 Å². The Labute approximate surface area is 215 Å². The summed E-state index contributed by atoms with van der Waals surface area (Å²) in [5.74, 6) is 2.17. The van der Waals surface area contributed by atoms with Gasteiger partial charge >= 0.3 is 0 Å². The van der Waals surface area contributed by atoms with Crippen molar-refractivity contribution < 1.29 is 0 Å². The summed E-state index contributed by atoms with van der Waals surface area (Å²) in [6.45, 7) is 4.17. The van der Waals surface area contributed by atoms with Crippen molar-refractivity contribution >= 4 is 23.2 Å². The van der Waals surface area contributed by atoms with Crippen LogP contribution in [0.15, 0.2) is 104 Å². The van der Waals surface area contributed by atoms with Gasteiger partial charge in [-0.3, -0.25) is 14.5 Å². The third kappa shape index (κ3) is 7.10. The number of nitrogens with one attached hydrogen (secondary N) is 2. The highest BCUT2D eigenvalue weighted by Crippen LogP contribution is 2.18. The molecule has 0 amide bonds. The molecule has 0 saturated heterocycles. The van der Waals surface area contributed by atoms with Crippen molar-refractivity contribution in [3.05, 3.63) is 120 Å². The first-order chi connectivity index (χ1) is 17.6. The van der Waals surface area contributed by atoms with Crippen LogP contribution in [-0.4, -0.2) is 29.5 Å². The summed E-state index contributed by atoms with van der Waals surface area (Å²) in [4.78, 5) is 20.9. The van der Waals surface area contributed by atoms with E-state index in [2.05, 4.69) is 73.7 Å². The van der Waals surface area contributed by atoms with Gasteiger partial charge in [0.1, 0.15) is 23.1 Å². The van der Waals surface area contributed by atoms with Gasteiger partial charge in [0.2, 0.25) is 0 Å². The van der Waals surface area contributed by atoms with Crippen LogP contribution in [0.1, 0.15) is 37.1 Å². The van der Waals surface area contributed by atoms with E-state index in [1.54, 1.807) is 31.1 Å². The monoisotopic (exact) mass is 498 g/mol. The second-order valence-electron chi connectivity index (χ2n) is 8.01. The fourth-order valence-electron chi connectivity index (χ4n) is 3.45. The molecule has 5 rings (SSSR count). The van der Waals surface area contributed by atoms with Crippen molar-refractivity contribution in [1.29, 1.82) is 0 Å². The van der Waals surface area contributed by atoms with Crippen molar-refractivity contribution in [3.63, 3.8) is 0 Å². The average Bonchev–Trinajstić information content (AvgIpc) is 3.46. The van der Waals surface area contributed by atoms with Gasteiger partial charge in [0.25, 0.3) is 0 Å². The van der Waals surface area contributed by atoms with Crippen molar-refractivity contribution in [1.82, 2.24) is 29.5 Å². The predicted molar refractivity (Wildman–Crippen MR) is 143 cm³/mol. The number of hydrogen-bond acceptors (Lipinski definition) is 7. The van der Waals surface area contributed by atoms with Crippen LogP contribution >= 0.6 is 11.6 Å². The highest BCUT2D eigenvalue weighted by molar-refractivity contribution is 6.29. The molecule has 2 aromatic carbocycles. The highest BCUT2D eigenvalue weighted by Gasteiger charge is 2.07. The van der Waals surface area contributed by atoms with Crippen LogP contribution in [0.5, 0.6) is 0 Å². The number of nitrogens with zero attached hydrogens (tertiary/aromatic N) is 6. The summed E-state index contributed by atoms with van der Waals surface area (Å²) in [6.07, 6.45) is 11.9. The van der Waals surface area contributed by atoms with E-state index in [9.17, 15) is 0 Å². The molecule has 0 aliphatic rings. The molecule has 9 heteroatoms. The molecule has 36 heavy (non-hydrogen) atoms. The second kappa shape index (κ2) is 12.4. The molecule has 0 fully saturated rings. The van der Waals surface area contributed by atoms with Gasteiger partial charge in [-0.25, -0.2) is 15.0 Å². The normalized spacial score (nSPS) is 12.1. The van der Waals surface area contributed by atoms with E-state index in [0.717, 1.165) is 11.6 Å². The molecular weight excluding hydrogens is 472 g/mol. The third-order valence-electron chi connectivity index (χ3n) is 5.32. The molecule has 3 heterocycles. The molecule has 3 aromatic heterocycles. The quantitative estimate of drug-likeness (QED) is 0.278. The summed E-state index contributed by atoms with van der Waals surface area (Å²) in [5.41, 5.74) is 2.41. The molecule has 8 nitrogen and oxygen atoms in total. The Morgan fingerprint density at radius 3 is 1.78 bits per heavy atom. The number of hydrogen-bond donors (Lipinski definition) is 2. The Morgan fingerprint density at radius 2 is 1.25 bits per heavy atom. The number of halogens is 1. The first kappa shape index (κ1) is 24.8. The van der Waals surface area contributed by atoms with E-state index in [4.69, 9.17) is 11.6 Å². The lowest BCUT2D eigenvalue weighted by Gasteiger charge is -2.15. The molecule has 0 aliphatic heterocycles. The summed E-state index contributed by atoms with van der Waals surface area (Å²) >= 11 is 5.76. The molecule has 0 aliphatic carbocycles. The minimum Gasteiger partial charge on any atom is -0.362 e. The fraction of sp³-hybridized carbons (Fsp3) is 0.148. The van der Waals surface area contributed by atoms with Gasteiger partial charge in [-0.15, -0.1) is 0 Å². The second-order valence-corrected chi connectivity index (χ2v) is 8.40. The van der Waals surface area contributed by atoms with Crippen LogP contribution in [0.4, 0.5) is 11.6 Å². The standard InChI is InChI=1S/C15H15N5.C12H12ClN3/c1-12(13-5-3-2-4-6-13)18-14-9-17-10-15(19-14)20-8-7-16-11-20;1-9(10-5-3-2-4-6-10)15-12-8-14-7-11(13)16-12/h2-12H,1H3,(H,18,19);2-9H,1H3,(H,15,16)/t12-;9-/m11/s1. The molecule has 5 aromatic rings. The zero-order chi connectivity index (χ0) is 25.2. The van der Waals surface area contributed by atoms with Gasteiger partial charge in [0, 0.05) is 24.5 Å². The SMILES string of the molecule is C[C@@H](Nc1cncc(-n2ccnc2)n1)c1ccccc1.C[C@@H](Nc1cncc(Cl)n1)c1ccccc1. The van der Waals surface area contributed by atoms with E-state index >= 15 is 0 Å². The maximum Gasteiger partial charge on any atom is 0.158 e. The number of imidazole rings is 1. The van der Waals surface area contributed by atoms with E-state index in [1.165, 1.54) is 17.3 Å².